The first-order valence-electron chi connectivity index (χ1n) is 10.2. The second-order valence-electron chi connectivity index (χ2n) is 7.12. The average molecular weight is 487 g/mol. The first-order chi connectivity index (χ1) is 12.7. The van der Waals surface area contributed by atoms with Gasteiger partial charge >= 0.3 is 0 Å². The van der Waals surface area contributed by atoms with E-state index in [1.54, 1.807) is 0 Å². The number of unbranched alkanes of at least 4 members (excludes halogenated alkanes) is 2. The fourth-order valence-corrected chi connectivity index (χ4v) is 3.42. The van der Waals surface area contributed by atoms with Crippen LogP contribution in [-0.2, 0) is 0 Å². The number of para-hydroxylation sites is 1. The summed E-state index contributed by atoms with van der Waals surface area (Å²) in [6.07, 6.45) is 4.87. The average Bonchev–Trinajstić information content (AvgIpc) is 2.70. The lowest BCUT2D eigenvalue weighted by Crippen LogP contribution is -2.46. The van der Waals surface area contributed by atoms with Crippen LogP contribution in [0.3, 0.4) is 0 Å². The van der Waals surface area contributed by atoms with Crippen LogP contribution in [0.1, 0.15) is 32.6 Å². The number of halogens is 1. The van der Waals surface area contributed by atoms with E-state index in [2.05, 4.69) is 69.3 Å². The maximum atomic E-state index is 4.38. The highest BCUT2D eigenvalue weighted by Gasteiger charge is 2.16. The molecule has 1 saturated heterocycles. The van der Waals surface area contributed by atoms with Gasteiger partial charge in [-0.15, -0.1) is 24.0 Å². The fourth-order valence-electron chi connectivity index (χ4n) is 3.42. The molecule has 1 aromatic rings. The molecule has 0 bridgehead atoms. The second-order valence-corrected chi connectivity index (χ2v) is 7.12. The van der Waals surface area contributed by atoms with E-state index in [0.29, 0.717) is 0 Å². The van der Waals surface area contributed by atoms with Crippen molar-refractivity contribution in [1.82, 2.24) is 15.1 Å². The smallest absolute Gasteiger partial charge is 0.193 e. The van der Waals surface area contributed by atoms with Crippen LogP contribution in [0.25, 0.3) is 0 Å². The van der Waals surface area contributed by atoms with Crippen LogP contribution >= 0.6 is 24.0 Å². The Morgan fingerprint density at radius 1 is 1.07 bits per heavy atom. The Balaban J connectivity index is 0.00000364. The molecule has 0 aliphatic carbocycles. The van der Waals surface area contributed by atoms with Gasteiger partial charge < -0.3 is 15.1 Å². The highest BCUT2D eigenvalue weighted by molar-refractivity contribution is 14.0. The van der Waals surface area contributed by atoms with Gasteiger partial charge in [0.25, 0.3) is 0 Å². The molecule has 1 aliphatic rings. The Labute approximate surface area is 183 Å². The molecule has 0 unspecified atom stereocenters. The Morgan fingerprint density at radius 2 is 1.78 bits per heavy atom. The van der Waals surface area contributed by atoms with Gasteiger partial charge in [-0.05, 0) is 37.9 Å². The minimum atomic E-state index is 0. The lowest BCUT2D eigenvalue weighted by atomic mass is 10.2. The van der Waals surface area contributed by atoms with Gasteiger partial charge in [-0.25, -0.2) is 0 Å². The summed E-state index contributed by atoms with van der Waals surface area (Å²) < 4.78 is 0. The minimum Gasteiger partial charge on any atom is -0.369 e. The zero-order valence-corrected chi connectivity index (χ0v) is 19.7. The van der Waals surface area contributed by atoms with Crippen LogP contribution < -0.4 is 10.2 Å². The maximum Gasteiger partial charge on any atom is 0.193 e. The third-order valence-corrected chi connectivity index (χ3v) is 5.10. The van der Waals surface area contributed by atoms with Crippen molar-refractivity contribution in [3.63, 3.8) is 0 Å². The first-order valence-corrected chi connectivity index (χ1v) is 10.2. The zero-order valence-electron chi connectivity index (χ0n) is 17.4. The maximum absolute atomic E-state index is 4.38. The van der Waals surface area contributed by atoms with Gasteiger partial charge in [0.2, 0.25) is 0 Å². The number of hydrogen-bond acceptors (Lipinski definition) is 3. The van der Waals surface area contributed by atoms with Crippen molar-refractivity contribution in [3.8, 4) is 0 Å². The van der Waals surface area contributed by atoms with Gasteiger partial charge in [0.1, 0.15) is 0 Å². The number of nitrogens with zero attached hydrogens (tertiary/aromatic N) is 4. The molecule has 1 heterocycles. The molecule has 0 radical (unpaired) electrons. The van der Waals surface area contributed by atoms with Gasteiger partial charge in [0, 0.05) is 59.1 Å². The molecular weight excluding hydrogens is 449 g/mol. The van der Waals surface area contributed by atoms with Crippen LogP contribution in [0.15, 0.2) is 35.3 Å². The summed E-state index contributed by atoms with van der Waals surface area (Å²) in [6.45, 7) is 10.1. The van der Waals surface area contributed by atoms with Crippen LogP contribution in [0.2, 0.25) is 0 Å². The van der Waals surface area contributed by atoms with E-state index < -0.39 is 0 Å². The number of anilines is 1. The van der Waals surface area contributed by atoms with Gasteiger partial charge in [-0.2, -0.15) is 0 Å². The normalized spacial score (nSPS) is 15.4. The van der Waals surface area contributed by atoms with E-state index in [4.69, 9.17) is 0 Å². The molecule has 1 fully saturated rings. The predicted octanol–water partition coefficient (Wildman–Crippen LogP) is 3.51. The van der Waals surface area contributed by atoms with Crippen molar-refractivity contribution in [2.24, 2.45) is 4.99 Å². The molecule has 1 aliphatic heterocycles. The van der Waals surface area contributed by atoms with Crippen molar-refractivity contribution in [2.75, 3.05) is 64.8 Å². The molecule has 27 heavy (non-hydrogen) atoms. The molecule has 1 aromatic carbocycles. The molecule has 6 heteroatoms. The van der Waals surface area contributed by atoms with E-state index in [1.165, 1.54) is 51.0 Å². The van der Waals surface area contributed by atoms with Crippen molar-refractivity contribution in [2.45, 2.75) is 32.6 Å². The second kappa shape index (κ2) is 14.0. The Bertz CT molecular complexity index is 515. The topological polar surface area (TPSA) is 34.1 Å². The van der Waals surface area contributed by atoms with Crippen molar-refractivity contribution in [1.29, 1.82) is 0 Å². The summed E-state index contributed by atoms with van der Waals surface area (Å²) in [4.78, 5) is 11.7. The minimum absolute atomic E-state index is 0. The molecule has 0 spiro atoms. The summed E-state index contributed by atoms with van der Waals surface area (Å²) in [6, 6.07) is 10.8. The number of benzene rings is 1. The van der Waals surface area contributed by atoms with E-state index in [9.17, 15) is 0 Å². The quantitative estimate of drug-likeness (QED) is 0.250. The third-order valence-electron chi connectivity index (χ3n) is 5.10. The summed E-state index contributed by atoms with van der Waals surface area (Å²) in [5.41, 5.74) is 1.36. The van der Waals surface area contributed by atoms with Crippen LogP contribution in [0.5, 0.6) is 0 Å². The van der Waals surface area contributed by atoms with Gasteiger partial charge in [-0.1, -0.05) is 31.5 Å². The summed E-state index contributed by atoms with van der Waals surface area (Å²) in [5.74, 6) is 1.02. The Kier molecular flexibility index (Phi) is 12.5. The molecule has 0 atom stereocenters. The van der Waals surface area contributed by atoms with Gasteiger partial charge in [0.05, 0.1) is 0 Å². The lowest BCUT2D eigenvalue weighted by molar-refractivity contribution is 0.253. The fraction of sp³-hybridized carbons (Fsp3) is 0.667. The third kappa shape index (κ3) is 8.68. The van der Waals surface area contributed by atoms with Crippen molar-refractivity contribution < 1.29 is 0 Å². The largest absolute Gasteiger partial charge is 0.369 e. The highest BCUT2D eigenvalue weighted by Crippen LogP contribution is 2.15. The summed E-state index contributed by atoms with van der Waals surface area (Å²) in [7, 11) is 3.99. The Morgan fingerprint density at radius 3 is 2.41 bits per heavy atom. The number of rotatable bonds is 9. The van der Waals surface area contributed by atoms with Crippen LogP contribution in [-0.4, -0.2) is 75.7 Å². The number of hydrogen-bond donors (Lipinski definition) is 1. The van der Waals surface area contributed by atoms with E-state index >= 15 is 0 Å². The van der Waals surface area contributed by atoms with Gasteiger partial charge in [-0.3, -0.25) is 9.89 Å². The van der Waals surface area contributed by atoms with Gasteiger partial charge in [0.15, 0.2) is 5.96 Å². The summed E-state index contributed by atoms with van der Waals surface area (Å²) >= 11 is 0. The number of piperazine rings is 1. The molecule has 0 saturated carbocycles. The van der Waals surface area contributed by atoms with Crippen LogP contribution in [0.4, 0.5) is 5.69 Å². The molecule has 154 valence electrons. The molecule has 5 nitrogen and oxygen atoms in total. The summed E-state index contributed by atoms with van der Waals surface area (Å²) in [5, 5.41) is 3.49. The van der Waals surface area contributed by atoms with E-state index in [1.807, 2.05) is 7.05 Å². The highest BCUT2D eigenvalue weighted by atomic mass is 127. The SMILES string of the molecule is CCCCN(C)C(=NC)NCCCCN1CCN(c2ccccc2)CC1.I. The van der Waals surface area contributed by atoms with Crippen molar-refractivity contribution >= 4 is 35.6 Å². The molecular formula is C21H38IN5. The monoisotopic (exact) mass is 487 g/mol. The predicted molar refractivity (Wildman–Crippen MR) is 129 cm³/mol. The van der Waals surface area contributed by atoms with E-state index in [-0.39, 0.29) is 24.0 Å². The van der Waals surface area contributed by atoms with Crippen molar-refractivity contribution in [3.05, 3.63) is 30.3 Å². The Hall–Kier alpha value is -1.02. The molecule has 0 amide bonds. The molecule has 2 rings (SSSR count). The molecule has 0 aromatic heterocycles. The first kappa shape index (κ1) is 24.0. The van der Waals surface area contributed by atoms with Crippen LogP contribution in [0, 0.1) is 0 Å². The molecule has 1 N–H and O–H groups in total. The van der Waals surface area contributed by atoms with E-state index in [0.717, 1.165) is 32.1 Å². The standard InChI is InChI=1S/C21H37N5.HI/c1-4-5-14-24(3)21(22-2)23-13-9-10-15-25-16-18-26(19-17-25)20-11-7-6-8-12-20;/h6-8,11-12H,4-5,9-10,13-19H2,1-3H3,(H,22,23);1H. The number of aliphatic imine (C=N–C) groups is 1. The number of nitrogens with one attached hydrogen (secondary N) is 1. The zero-order chi connectivity index (χ0) is 18.6. The number of guanidine groups is 1. The lowest BCUT2D eigenvalue weighted by Gasteiger charge is -2.36.